The third kappa shape index (κ3) is 2.57. The predicted octanol–water partition coefficient (Wildman–Crippen LogP) is 7.68. The number of pyridine rings is 1. The summed E-state index contributed by atoms with van der Waals surface area (Å²) >= 11 is 0. The highest BCUT2D eigenvalue weighted by molar-refractivity contribution is 5.87. The Bertz CT molecular complexity index is 2030. The van der Waals surface area contributed by atoms with Crippen molar-refractivity contribution in [3.05, 3.63) is 131 Å². The summed E-state index contributed by atoms with van der Waals surface area (Å²) in [6.07, 6.45) is 2.26. The normalized spacial score (nSPS) is 17.0. The molecular weight excluding hydrogens is 502 g/mol. The van der Waals surface area contributed by atoms with Gasteiger partial charge < -0.3 is 4.74 Å². The second-order valence-corrected chi connectivity index (χ2v) is 12.2. The number of hydrogen-bond acceptors (Lipinski definition) is 1. The lowest BCUT2D eigenvalue weighted by Crippen LogP contribution is -2.57. The standard InChI is InChI=1S/C37H31N3O/c1-22(2)24-13-9-14-25(23(3)4)33(24)39-30-18-11-20-32-35(30)40-34-28(16-10-19-31(34)41-32)37(36(39)40)27-15-6-5-12-26(27)29-17-7-8-21-38(29)37/h5-23H,1-4H3/q+2. The van der Waals surface area contributed by atoms with E-state index in [9.17, 15) is 0 Å². The monoisotopic (exact) mass is 533 g/mol. The highest BCUT2D eigenvalue weighted by atomic mass is 16.5. The average Bonchev–Trinajstić information content (AvgIpc) is 3.59. The van der Waals surface area contributed by atoms with Gasteiger partial charge in [0, 0.05) is 23.3 Å². The van der Waals surface area contributed by atoms with Crippen molar-refractivity contribution in [2.75, 3.05) is 0 Å². The minimum Gasteiger partial charge on any atom is -0.448 e. The largest absolute Gasteiger partial charge is 0.448 e. The molecule has 0 N–H and O–H groups in total. The minimum atomic E-state index is -0.569. The lowest BCUT2D eigenvalue weighted by Gasteiger charge is -2.22. The zero-order valence-electron chi connectivity index (χ0n) is 23.7. The molecule has 0 radical (unpaired) electrons. The van der Waals surface area contributed by atoms with Gasteiger partial charge in [0.15, 0.2) is 28.9 Å². The van der Waals surface area contributed by atoms with E-state index in [4.69, 9.17) is 4.74 Å². The lowest BCUT2D eigenvalue weighted by molar-refractivity contribution is -0.733. The SMILES string of the molecule is CC(C)c1cccc(C(C)C)c1-n1c2[n+]3c4c(cccc41)Oc1cccc(c1-3)C21c2ccccc2-c2cccc[n+]21. The van der Waals surface area contributed by atoms with E-state index in [-0.39, 0.29) is 0 Å². The van der Waals surface area contributed by atoms with E-state index in [0.29, 0.717) is 11.8 Å². The van der Waals surface area contributed by atoms with E-state index in [2.05, 4.69) is 145 Å². The first kappa shape index (κ1) is 23.0. The number of fused-ring (bicyclic) bond motifs is 7. The molecule has 3 aliphatic rings. The molecule has 1 spiro atoms. The van der Waals surface area contributed by atoms with Crippen molar-refractivity contribution in [1.29, 1.82) is 0 Å². The fraction of sp³-hybridized carbons (Fsp3) is 0.189. The number of nitrogens with zero attached hydrogens (tertiary/aromatic N) is 3. The minimum absolute atomic E-state index is 0.359. The van der Waals surface area contributed by atoms with E-state index in [1.165, 1.54) is 50.5 Å². The van der Waals surface area contributed by atoms with E-state index in [1.54, 1.807) is 0 Å². The molecule has 4 aromatic carbocycles. The number of ether oxygens (including phenoxy) is 1. The molecule has 6 aromatic rings. The van der Waals surface area contributed by atoms with Crippen LogP contribution < -0.4 is 13.9 Å². The van der Waals surface area contributed by atoms with Crippen LogP contribution in [0.15, 0.2) is 103 Å². The Kier molecular flexibility index (Phi) is 4.35. The summed E-state index contributed by atoms with van der Waals surface area (Å²) in [5, 5.41) is 0. The Morgan fingerprint density at radius 2 is 1.37 bits per heavy atom. The summed E-state index contributed by atoms with van der Waals surface area (Å²) < 4.78 is 14.3. The van der Waals surface area contributed by atoms with Crippen molar-refractivity contribution < 1.29 is 13.9 Å². The van der Waals surface area contributed by atoms with Crippen molar-refractivity contribution >= 4 is 11.0 Å². The molecular formula is C37H31N3O+2. The number of para-hydroxylation sites is 3. The summed E-state index contributed by atoms with van der Waals surface area (Å²) in [6.45, 7) is 9.25. The summed E-state index contributed by atoms with van der Waals surface area (Å²) in [6, 6.07) is 35.5. The highest BCUT2D eigenvalue weighted by Crippen LogP contribution is 2.55. The van der Waals surface area contributed by atoms with Gasteiger partial charge in [-0.15, -0.1) is 0 Å². The van der Waals surface area contributed by atoms with Crippen LogP contribution in [0.5, 0.6) is 11.5 Å². The Labute approximate surface area is 239 Å². The molecule has 1 atom stereocenters. The van der Waals surface area contributed by atoms with Gasteiger partial charge in [0.05, 0.1) is 16.7 Å². The van der Waals surface area contributed by atoms with Crippen molar-refractivity contribution in [3.63, 3.8) is 0 Å². The van der Waals surface area contributed by atoms with E-state index >= 15 is 0 Å². The second-order valence-electron chi connectivity index (χ2n) is 12.2. The number of imidazole rings is 1. The number of rotatable bonds is 3. The first-order valence-corrected chi connectivity index (χ1v) is 14.7. The van der Waals surface area contributed by atoms with Gasteiger partial charge >= 0.3 is 11.4 Å². The van der Waals surface area contributed by atoms with Gasteiger partial charge in [0.2, 0.25) is 11.2 Å². The van der Waals surface area contributed by atoms with Crippen molar-refractivity contribution in [2.45, 2.75) is 45.1 Å². The molecule has 41 heavy (non-hydrogen) atoms. The van der Waals surface area contributed by atoms with E-state index < -0.39 is 5.54 Å². The molecule has 0 amide bonds. The molecule has 3 aliphatic heterocycles. The molecule has 5 heterocycles. The molecule has 0 saturated heterocycles. The maximum Gasteiger partial charge on any atom is 0.352 e. The fourth-order valence-corrected chi connectivity index (χ4v) is 7.83. The first-order valence-electron chi connectivity index (χ1n) is 14.7. The Balaban J connectivity index is 1.58. The van der Waals surface area contributed by atoms with Crippen LogP contribution in [-0.4, -0.2) is 4.57 Å². The van der Waals surface area contributed by atoms with Crippen molar-refractivity contribution in [3.8, 4) is 34.1 Å². The Hall–Kier alpha value is -4.70. The molecule has 198 valence electrons. The van der Waals surface area contributed by atoms with Gasteiger partial charge in [-0.25, -0.2) is 0 Å². The average molecular weight is 534 g/mol. The van der Waals surface area contributed by atoms with Gasteiger partial charge in [-0.05, 0) is 48.2 Å². The number of aromatic nitrogens is 3. The Morgan fingerprint density at radius 3 is 2.17 bits per heavy atom. The van der Waals surface area contributed by atoms with E-state index in [0.717, 1.165) is 22.7 Å². The van der Waals surface area contributed by atoms with Gasteiger partial charge in [0.25, 0.3) is 0 Å². The highest BCUT2D eigenvalue weighted by Gasteiger charge is 2.69. The van der Waals surface area contributed by atoms with Gasteiger partial charge in [0.1, 0.15) is 5.69 Å². The summed E-state index contributed by atoms with van der Waals surface area (Å²) in [5.41, 5.74) is 12.0. The molecule has 0 saturated carbocycles. The van der Waals surface area contributed by atoms with E-state index in [1.807, 2.05) is 0 Å². The molecule has 1 unspecified atom stereocenters. The third-order valence-electron chi connectivity index (χ3n) is 9.40. The lowest BCUT2D eigenvalue weighted by atomic mass is 9.82. The molecule has 0 aliphatic carbocycles. The maximum atomic E-state index is 6.70. The molecule has 9 rings (SSSR count). The van der Waals surface area contributed by atoms with Crippen molar-refractivity contribution in [1.82, 2.24) is 4.57 Å². The van der Waals surface area contributed by atoms with Gasteiger partial charge in [-0.2, -0.15) is 13.7 Å². The number of benzene rings is 4. The molecule has 4 heteroatoms. The summed E-state index contributed by atoms with van der Waals surface area (Å²) in [7, 11) is 0. The Morgan fingerprint density at radius 1 is 0.683 bits per heavy atom. The topological polar surface area (TPSA) is 21.9 Å². The summed E-state index contributed by atoms with van der Waals surface area (Å²) in [4.78, 5) is 0. The van der Waals surface area contributed by atoms with Crippen LogP contribution in [0.25, 0.3) is 33.7 Å². The van der Waals surface area contributed by atoms with Gasteiger partial charge in [-0.1, -0.05) is 76.2 Å². The first-order chi connectivity index (χ1) is 20.0. The zero-order chi connectivity index (χ0) is 27.6. The molecule has 2 aromatic heterocycles. The van der Waals surface area contributed by atoms with Crippen LogP contribution in [-0.2, 0) is 5.54 Å². The van der Waals surface area contributed by atoms with Crippen LogP contribution in [0.2, 0.25) is 0 Å². The van der Waals surface area contributed by atoms with Gasteiger partial charge in [-0.3, -0.25) is 0 Å². The molecule has 0 fully saturated rings. The van der Waals surface area contributed by atoms with Crippen molar-refractivity contribution in [2.24, 2.45) is 0 Å². The van der Waals surface area contributed by atoms with Crippen LogP contribution >= 0.6 is 0 Å². The van der Waals surface area contributed by atoms with Crippen LogP contribution in [0.4, 0.5) is 0 Å². The van der Waals surface area contributed by atoms with Crippen LogP contribution in [0.3, 0.4) is 0 Å². The predicted molar refractivity (Wildman–Crippen MR) is 160 cm³/mol. The van der Waals surface area contributed by atoms with Crippen LogP contribution in [0.1, 0.15) is 67.6 Å². The zero-order valence-corrected chi connectivity index (χ0v) is 23.7. The molecule has 0 bridgehead atoms. The quantitative estimate of drug-likeness (QED) is 0.214. The fourth-order valence-electron chi connectivity index (χ4n) is 7.83. The third-order valence-corrected chi connectivity index (χ3v) is 9.40. The smallest absolute Gasteiger partial charge is 0.352 e. The molecule has 4 nitrogen and oxygen atoms in total. The second kappa shape index (κ2) is 7.73. The maximum absolute atomic E-state index is 6.70. The number of hydrogen-bond donors (Lipinski definition) is 0. The summed E-state index contributed by atoms with van der Waals surface area (Å²) in [5.74, 6) is 3.77. The van der Waals surface area contributed by atoms with Crippen LogP contribution in [0, 0.1) is 0 Å².